The van der Waals surface area contributed by atoms with Crippen molar-refractivity contribution >= 4 is 5.83 Å². The summed E-state index contributed by atoms with van der Waals surface area (Å²) < 4.78 is 35.1. The number of aromatic nitrogens is 2. The van der Waals surface area contributed by atoms with Crippen LogP contribution in [-0.4, -0.2) is 10.2 Å². The van der Waals surface area contributed by atoms with Crippen LogP contribution in [0.2, 0.25) is 0 Å². The summed E-state index contributed by atoms with van der Waals surface area (Å²) in [6.45, 7) is 0. The molecule has 1 aromatic heterocycles. The van der Waals surface area contributed by atoms with Crippen LogP contribution in [0.4, 0.5) is 13.2 Å². The van der Waals surface area contributed by atoms with Crippen LogP contribution >= 0.6 is 0 Å². The Balaban J connectivity index is 2.99. The molecule has 5 heteroatoms. The molecule has 1 heterocycles. The van der Waals surface area contributed by atoms with E-state index in [0.29, 0.717) is 0 Å². The molecule has 0 aliphatic carbocycles. The fourth-order valence-electron chi connectivity index (χ4n) is 0.480. The lowest BCUT2D eigenvalue weighted by molar-refractivity contribution is 0.410. The van der Waals surface area contributed by atoms with Crippen molar-refractivity contribution in [2.45, 2.75) is 0 Å². The highest BCUT2D eigenvalue weighted by molar-refractivity contribution is 5.57. The fraction of sp³-hybridized carbons (Fsp3) is 0. The molecule has 0 unspecified atom stereocenters. The quantitative estimate of drug-likeness (QED) is 0.647. The molecular weight excluding hydrogens is 145 g/mol. The van der Waals surface area contributed by atoms with E-state index in [1.54, 1.807) is 0 Å². The molecule has 0 amide bonds. The monoisotopic (exact) mass is 148 g/mol. The van der Waals surface area contributed by atoms with Gasteiger partial charge < -0.3 is 0 Å². The van der Waals surface area contributed by atoms with Gasteiger partial charge in [0, 0.05) is 6.20 Å². The smallest absolute Gasteiger partial charge is 0.285 e. The standard InChI is InChI=1S/C5H3F3N2/c6-4(5(7)8)3-1-9-10-2-3/h1-2H,(H,9,10). The number of aromatic amines is 1. The molecule has 2 nitrogen and oxygen atoms in total. The molecule has 10 heavy (non-hydrogen) atoms. The first kappa shape index (κ1) is 6.85. The van der Waals surface area contributed by atoms with Gasteiger partial charge in [-0.1, -0.05) is 0 Å². The number of halogens is 3. The van der Waals surface area contributed by atoms with Gasteiger partial charge in [-0.15, -0.1) is 0 Å². The summed E-state index contributed by atoms with van der Waals surface area (Å²) in [6, 6.07) is 0. The SMILES string of the molecule is FC(F)=C(F)c1cn[nH]c1. The summed E-state index contributed by atoms with van der Waals surface area (Å²) in [6.07, 6.45) is -0.301. The first-order chi connectivity index (χ1) is 4.72. The van der Waals surface area contributed by atoms with Crippen LogP contribution in [0.3, 0.4) is 0 Å². The lowest BCUT2D eigenvalue weighted by atomic mass is 10.3. The van der Waals surface area contributed by atoms with E-state index >= 15 is 0 Å². The van der Waals surface area contributed by atoms with E-state index in [1.807, 2.05) is 0 Å². The molecule has 1 aromatic rings. The van der Waals surface area contributed by atoms with Crippen LogP contribution in [0, 0.1) is 0 Å². The van der Waals surface area contributed by atoms with E-state index in [1.165, 1.54) is 0 Å². The van der Waals surface area contributed by atoms with Crippen LogP contribution in [0.1, 0.15) is 5.56 Å². The zero-order valence-corrected chi connectivity index (χ0v) is 4.74. The third-order valence-electron chi connectivity index (χ3n) is 0.918. The van der Waals surface area contributed by atoms with Gasteiger partial charge in [0.05, 0.1) is 11.8 Å². The average Bonchev–Trinajstić information content (AvgIpc) is 2.36. The van der Waals surface area contributed by atoms with E-state index in [0.717, 1.165) is 12.4 Å². The van der Waals surface area contributed by atoms with Gasteiger partial charge in [0.15, 0.2) is 5.83 Å². The summed E-state index contributed by atoms with van der Waals surface area (Å²) in [5, 5.41) is 5.50. The topological polar surface area (TPSA) is 28.7 Å². The lowest BCUT2D eigenvalue weighted by Gasteiger charge is -1.85. The van der Waals surface area contributed by atoms with Gasteiger partial charge in [0.2, 0.25) is 0 Å². The predicted octanol–water partition coefficient (Wildman–Crippen LogP) is 1.94. The van der Waals surface area contributed by atoms with Crippen molar-refractivity contribution in [2.75, 3.05) is 0 Å². The minimum absolute atomic E-state index is 0.236. The number of nitrogens with one attached hydrogen (secondary N) is 1. The molecule has 1 rings (SSSR count). The van der Waals surface area contributed by atoms with Crippen LogP contribution in [-0.2, 0) is 0 Å². The molecule has 0 spiro atoms. The van der Waals surface area contributed by atoms with Crippen molar-refractivity contribution < 1.29 is 13.2 Å². The van der Waals surface area contributed by atoms with E-state index in [2.05, 4.69) is 10.2 Å². The van der Waals surface area contributed by atoms with Gasteiger partial charge in [-0.05, 0) is 0 Å². The van der Waals surface area contributed by atoms with Crippen molar-refractivity contribution in [3.63, 3.8) is 0 Å². The Labute approximate surface area is 54.4 Å². The van der Waals surface area contributed by atoms with E-state index in [-0.39, 0.29) is 5.56 Å². The highest BCUT2D eigenvalue weighted by Gasteiger charge is 2.07. The second-order valence-electron chi connectivity index (χ2n) is 1.56. The van der Waals surface area contributed by atoms with Gasteiger partial charge in [-0.2, -0.15) is 13.9 Å². The fourth-order valence-corrected chi connectivity index (χ4v) is 0.480. The third kappa shape index (κ3) is 1.18. The van der Waals surface area contributed by atoms with Gasteiger partial charge >= 0.3 is 6.08 Å². The highest BCUT2D eigenvalue weighted by atomic mass is 19.3. The number of nitrogens with zero attached hydrogens (tertiary/aromatic N) is 1. The van der Waals surface area contributed by atoms with Gasteiger partial charge in [-0.25, -0.2) is 4.39 Å². The molecule has 0 aliphatic rings. The molecule has 0 atom stereocenters. The summed E-state index contributed by atoms with van der Waals surface area (Å²) >= 11 is 0. The summed E-state index contributed by atoms with van der Waals surface area (Å²) in [4.78, 5) is 0. The Morgan fingerprint density at radius 3 is 2.50 bits per heavy atom. The number of hydrogen-bond donors (Lipinski definition) is 1. The average molecular weight is 148 g/mol. The molecule has 0 saturated heterocycles. The Hall–Kier alpha value is -1.26. The van der Waals surface area contributed by atoms with Gasteiger partial charge in [-0.3, -0.25) is 5.10 Å². The summed E-state index contributed by atoms with van der Waals surface area (Å²) in [7, 11) is 0. The third-order valence-corrected chi connectivity index (χ3v) is 0.918. The molecule has 0 saturated carbocycles. The van der Waals surface area contributed by atoms with Crippen molar-refractivity contribution in [2.24, 2.45) is 0 Å². The van der Waals surface area contributed by atoms with Crippen molar-refractivity contribution in [1.82, 2.24) is 10.2 Å². The van der Waals surface area contributed by atoms with Crippen LogP contribution in [0.5, 0.6) is 0 Å². The van der Waals surface area contributed by atoms with Gasteiger partial charge in [0.25, 0.3) is 0 Å². The Morgan fingerprint density at radius 1 is 1.40 bits per heavy atom. The number of rotatable bonds is 1. The van der Waals surface area contributed by atoms with E-state index in [9.17, 15) is 13.2 Å². The minimum atomic E-state index is -2.33. The molecule has 0 bridgehead atoms. The predicted molar refractivity (Wildman–Crippen MR) is 28.8 cm³/mol. The molecule has 0 aromatic carbocycles. The normalized spacial score (nSPS) is 9.50. The van der Waals surface area contributed by atoms with E-state index < -0.39 is 11.9 Å². The second-order valence-corrected chi connectivity index (χ2v) is 1.56. The summed E-state index contributed by atoms with van der Waals surface area (Å²) in [5.74, 6) is -1.53. The highest BCUT2D eigenvalue weighted by Crippen LogP contribution is 2.19. The Morgan fingerprint density at radius 2 is 2.10 bits per heavy atom. The minimum Gasteiger partial charge on any atom is -0.285 e. The molecule has 1 N–H and O–H groups in total. The maximum Gasteiger partial charge on any atom is 0.306 e. The Bertz CT molecular complexity index is 235. The number of hydrogen-bond acceptors (Lipinski definition) is 1. The molecule has 0 aliphatic heterocycles. The molecule has 54 valence electrons. The van der Waals surface area contributed by atoms with E-state index in [4.69, 9.17) is 0 Å². The second kappa shape index (κ2) is 2.55. The van der Waals surface area contributed by atoms with Crippen LogP contribution < -0.4 is 0 Å². The first-order valence-electron chi connectivity index (χ1n) is 2.41. The van der Waals surface area contributed by atoms with Gasteiger partial charge in [0.1, 0.15) is 0 Å². The van der Waals surface area contributed by atoms with Crippen LogP contribution in [0.25, 0.3) is 5.83 Å². The molecule has 0 fully saturated rings. The van der Waals surface area contributed by atoms with Crippen molar-refractivity contribution in [3.05, 3.63) is 24.0 Å². The molecular formula is C5H3F3N2. The van der Waals surface area contributed by atoms with Crippen LogP contribution in [0.15, 0.2) is 18.5 Å². The summed E-state index contributed by atoms with van der Waals surface area (Å²) in [5.41, 5.74) is -0.236. The zero-order valence-electron chi connectivity index (χ0n) is 4.74. The Kier molecular flexibility index (Phi) is 1.75. The maximum absolute atomic E-state index is 12.2. The molecule has 0 radical (unpaired) electrons. The lowest BCUT2D eigenvalue weighted by Crippen LogP contribution is -1.72. The largest absolute Gasteiger partial charge is 0.306 e. The maximum atomic E-state index is 12.2. The number of H-pyrrole nitrogens is 1. The zero-order chi connectivity index (χ0) is 7.56. The van der Waals surface area contributed by atoms with Crippen molar-refractivity contribution in [1.29, 1.82) is 0 Å². The van der Waals surface area contributed by atoms with Crippen molar-refractivity contribution in [3.8, 4) is 0 Å². The first-order valence-corrected chi connectivity index (χ1v) is 2.41.